The van der Waals surface area contributed by atoms with Crippen molar-refractivity contribution in [3.63, 3.8) is 0 Å². The average molecular weight is 430 g/mol. The number of hydrogen-bond acceptors (Lipinski definition) is 4. The second-order valence-electron chi connectivity index (χ2n) is 6.66. The van der Waals surface area contributed by atoms with Gasteiger partial charge in [-0.25, -0.2) is 4.98 Å². The summed E-state index contributed by atoms with van der Waals surface area (Å²) in [7, 11) is 1.78. The number of nitrogens with one attached hydrogen (secondary N) is 1. The molecule has 7 nitrogen and oxygen atoms in total. The van der Waals surface area contributed by atoms with Gasteiger partial charge in [-0.05, 0) is 30.7 Å². The predicted molar refractivity (Wildman–Crippen MR) is 110 cm³/mol. The summed E-state index contributed by atoms with van der Waals surface area (Å²) in [5.74, 6) is -0.464. The Balaban J connectivity index is 1.61. The van der Waals surface area contributed by atoms with Crippen LogP contribution in [0.4, 0.5) is 5.69 Å². The van der Waals surface area contributed by atoms with Crippen molar-refractivity contribution in [2.75, 3.05) is 11.4 Å². The molecule has 9 heteroatoms. The highest BCUT2D eigenvalue weighted by atomic mass is 35.5. The van der Waals surface area contributed by atoms with Gasteiger partial charge < -0.3 is 10.2 Å². The zero-order valence-electron chi connectivity index (χ0n) is 15.5. The number of pyridine rings is 1. The predicted octanol–water partition coefficient (Wildman–Crippen LogP) is 3.64. The molecule has 1 aliphatic heterocycles. The fourth-order valence-electron chi connectivity index (χ4n) is 3.45. The molecule has 3 aromatic rings. The van der Waals surface area contributed by atoms with Crippen LogP contribution in [0, 0.1) is 0 Å². The van der Waals surface area contributed by atoms with Gasteiger partial charge in [0.05, 0.1) is 39.8 Å². The van der Waals surface area contributed by atoms with Gasteiger partial charge in [0, 0.05) is 19.8 Å². The third-order valence-corrected chi connectivity index (χ3v) is 5.42. The molecule has 2 aromatic heterocycles. The molecule has 0 bridgehead atoms. The average Bonchev–Trinajstić information content (AvgIpc) is 3.11. The molecule has 1 atom stereocenters. The van der Waals surface area contributed by atoms with E-state index in [1.165, 1.54) is 6.20 Å². The van der Waals surface area contributed by atoms with Gasteiger partial charge >= 0.3 is 0 Å². The van der Waals surface area contributed by atoms with Crippen LogP contribution in [0.2, 0.25) is 10.2 Å². The van der Waals surface area contributed by atoms with E-state index in [-0.39, 0.29) is 17.9 Å². The quantitative estimate of drug-likeness (QED) is 0.644. The third-order valence-electron chi connectivity index (χ3n) is 4.87. The summed E-state index contributed by atoms with van der Waals surface area (Å²) >= 11 is 12.0. The Labute approximate surface area is 177 Å². The van der Waals surface area contributed by atoms with Crippen LogP contribution in [0.3, 0.4) is 0 Å². The number of nitrogens with zero attached hydrogens (tertiary/aromatic N) is 4. The minimum Gasteiger partial charge on any atom is -0.343 e. The molecular formula is C20H17Cl2N5O2. The Bertz CT molecular complexity index is 1080. The molecule has 0 saturated carbocycles. The van der Waals surface area contributed by atoms with Crippen LogP contribution in [-0.2, 0) is 7.05 Å². The first kappa shape index (κ1) is 19.4. The molecule has 0 radical (unpaired) electrons. The largest absolute Gasteiger partial charge is 0.343 e. The molecule has 1 aromatic carbocycles. The first-order valence-electron chi connectivity index (χ1n) is 8.96. The van der Waals surface area contributed by atoms with Crippen molar-refractivity contribution in [3.8, 4) is 0 Å². The second kappa shape index (κ2) is 7.85. The second-order valence-corrected chi connectivity index (χ2v) is 7.45. The lowest BCUT2D eigenvalue weighted by molar-refractivity contribution is 0.0931. The van der Waals surface area contributed by atoms with E-state index < -0.39 is 0 Å². The monoisotopic (exact) mass is 429 g/mol. The molecule has 29 heavy (non-hydrogen) atoms. The molecule has 148 valence electrons. The number of aryl methyl sites for hydroxylation is 1. The molecule has 1 unspecified atom stereocenters. The Hall–Kier alpha value is -2.90. The van der Waals surface area contributed by atoms with Crippen molar-refractivity contribution < 1.29 is 9.59 Å². The van der Waals surface area contributed by atoms with E-state index in [0.717, 1.165) is 5.69 Å². The van der Waals surface area contributed by atoms with E-state index in [1.54, 1.807) is 59.2 Å². The van der Waals surface area contributed by atoms with E-state index in [0.29, 0.717) is 40.0 Å². The van der Waals surface area contributed by atoms with Crippen molar-refractivity contribution in [1.29, 1.82) is 0 Å². The summed E-state index contributed by atoms with van der Waals surface area (Å²) < 4.78 is 1.67. The SMILES string of the molecule is Cn1ncc2c1C(NC(=O)c1ccccc1Cl)CCN2C(=O)c1ccc(Cl)nc1. The Morgan fingerprint density at radius 3 is 2.66 bits per heavy atom. The summed E-state index contributed by atoms with van der Waals surface area (Å²) in [6.45, 7) is 0.424. The highest BCUT2D eigenvalue weighted by Gasteiger charge is 2.33. The lowest BCUT2D eigenvalue weighted by Gasteiger charge is -2.32. The van der Waals surface area contributed by atoms with E-state index in [1.807, 2.05) is 0 Å². The van der Waals surface area contributed by atoms with Gasteiger partial charge in [0.2, 0.25) is 0 Å². The van der Waals surface area contributed by atoms with Gasteiger partial charge in [0.15, 0.2) is 0 Å². The van der Waals surface area contributed by atoms with E-state index in [4.69, 9.17) is 23.2 Å². The molecule has 0 fully saturated rings. The van der Waals surface area contributed by atoms with Gasteiger partial charge in [0.25, 0.3) is 11.8 Å². The molecule has 1 aliphatic rings. The third kappa shape index (κ3) is 3.71. The van der Waals surface area contributed by atoms with Gasteiger partial charge in [-0.15, -0.1) is 0 Å². The number of anilines is 1. The van der Waals surface area contributed by atoms with E-state index >= 15 is 0 Å². The highest BCUT2D eigenvalue weighted by molar-refractivity contribution is 6.33. The van der Waals surface area contributed by atoms with Crippen LogP contribution < -0.4 is 10.2 Å². The summed E-state index contributed by atoms with van der Waals surface area (Å²) in [5, 5.41) is 8.02. The highest BCUT2D eigenvalue weighted by Crippen LogP contribution is 2.34. The first-order chi connectivity index (χ1) is 14.0. The number of halogens is 2. The van der Waals surface area contributed by atoms with Crippen molar-refractivity contribution in [2.45, 2.75) is 12.5 Å². The Morgan fingerprint density at radius 1 is 1.14 bits per heavy atom. The zero-order chi connectivity index (χ0) is 20.5. The fourth-order valence-corrected chi connectivity index (χ4v) is 3.79. The van der Waals surface area contributed by atoms with E-state index in [9.17, 15) is 9.59 Å². The van der Waals surface area contributed by atoms with Gasteiger partial charge in [-0.2, -0.15) is 5.10 Å². The molecule has 1 N–H and O–H groups in total. The van der Waals surface area contributed by atoms with Crippen LogP contribution in [0.1, 0.15) is 38.9 Å². The smallest absolute Gasteiger partial charge is 0.259 e. The summed E-state index contributed by atoms with van der Waals surface area (Å²) in [6, 6.07) is 9.80. The molecule has 4 rings (SSSR count). The molecule has 0 aliphatic carbocycles. The van der Waals surface area contributed by atoms with Crippen LogP contribution in [-0.4, -0.2) is 33.1 Å². The molecule has 3 heterocycles. The van der Waals surface area contributed by atoms with Gasteiger partial charge in [-0.1, -0.05) is 35.3 Å². The van der Waals surface area contributed by atoms with Gasteiger partial charge in [0.1, 0.15) is 5.15 Å². The topological polar surface area (TPSA) is 80.1 Å². The number of fused-ring (bicyclic) bond motifs is 1. The molecule has 0 spiro atoms. The number of carbonyl (C=O) groups excluding carboxylic acids is 2. The molecular weight excluding hydrogens is 413 g/mol. The fraction of sp³-hybridized carbons (Fsp3) is 0.200. The zero-order valence-corrected chi connectivity index (χ0v) is 17.0. The van der Waals surface area contributed by atoms with Crippen LogP contribution in [0.25, 0.3) is 0 Å². The molecule has 0 saturated heterocycles. The van der Waals surface area contributed by atoms with Gasteiger partial charge in [-0.3, -0.25) is 14.3 Å². The van der Waals surface area contributed by atoms with Crippen LogP contribution in [0.15, 0.2) is 48.8 Å². The summed E-state index contributed by atoms with van der Waals surface area (Å²) in [5.41, 5.74) is 2.25. The van der Waals surface area contributed by atoms with Crippen LogP contribution >= 0.6 is 23.2 Å². The van der Waals surface area contributed by atoms with E-state index in [2.05, 4.69) is 15.4 Å². The minimum atomic E-state index is -0.298. The normalized spacial score (nSPS) is 15.7. The number of carbonyl (C=O) groups is 2. The first-order valence-corrected chi connectivity index (χ1v) is 9.72. The number of rotatable bonds is 3. The maximum atomic E-state index is 13.0. The number of amides is 2. The minimum absolute atomic E-state index is 0.195. The summed E-state index contributed by atoms with van der Waals surface area (Å²) in [6.07, 6.45) is 3.62. The maximum Gasteiger partial charge on any atom is 0.259 e. The number of hydrogen-bond donors (Lipinski definition) is 1. The standard InChI is InChI=1S/C20H17Cl2N5O2/c1-26-18-15(25-19(28)13-4-2-3-5-14(13)21)8-9-27(16(18)11-24-26)20(29)12-6-7-17(22)23-10-12/h2-7,10-11,15H,8-9H2,1H3,(H,25,28). The van der Waals surface area contributed by atoms with Crippen molar-refractivity contribution >= 4 is 40.7 Å². The lowest BCUT2D eigenvalue weighted by atomic mass is 10.0. The lowest BCUT2D eigenvalue weighted by Crippen LogP contribution is -2.41. The van der Waals surface area contributed by atoms with Crippen molar-refractivity contribution in [1.82, 2.24) is 20.1 Å². The summed E-state index contributed by atoms with van der Waals surface area (Å²) in [4.78, 5) is 31.3. The van der Waals surface area contributed by atoms with Crippen molar-refractivity contribution in [2.24, 2.45) is 7.05 Å². The maximum absolute atomic E-state index is 13.0. The Morgan fingerprint density at radius 2 is 1.93 bits per heavy atom. The number of aromatic nitrogens is 3. The molecule has 2 amide bonds. The van der Waals surface area contributed by atoms with Crippen LogP contribution in [0.5, 0.6) is 0 Å². The Kier molecular flexibility index (Phi) is 5.25. The number of benzene rings is 1. The van der Waals surface area contributed by atoms with Crippen molar-refractivity contribution in [3.05, 3.63) is 75.8 Å².